The van der Waals surface area contributed by atoms with Gasteiger partial charge in [0.1, 0.15) is 35.6 Å². The number of anilines is 1. The molecule has 0 saturated heterocycles. The van der Waals surface area contributed by atoms with Gasteiger partial charge in [-0.3, -0.25) is 14.2 Å². The fraction of sp³-hybridized carbons (Fsp3) is 0.156. The quantitative estimate of drug-likeness (QED) is 0.199. The van der Waals surface area contributed by atoms with Crippen LogP contribution in [0.1, 0.15) is 11.1 Å². The van der Waals surface area contributed by atoms with E-state index in [2.05, 4.69) is 4.98 Å². The van der Waals surface area contributed by atoms with E-state index < -0.39 is 0 Å². The van der Waals surface area contributed by atoms with Crippen molar-refractivity contribution in [3.05, 3.63) is 119 Å². The monoisotopic (exact) mass is 569 g/mol. The third kappa shape index (κ3) is 6.18. The first-order valence-electron chi connectivity index (χ1n) is 12.9. The van der Waals surface area contributed by atoms with Gasteiger partial charge in [-0.25, -0.2) is 4.98 Å². The van der Waals surface area contributed by atoms with Crippen molar-refractivity contribution in [1.29, 1.82) is 0 Å². The number of nitrogens with zero attached hydrogens (tertiary/aromatic N) is 3. The summed E-state index contributed by atoms with van der Waals surface area (Å²) in [5, 5.41) is 0.855. The van der Waals surface area contributed by atoms with Crippen LogP contribution in [0.3, 0.4) is 0 Å². The summed E-state index contributed by atoms with van der Waals surface area (Å²) in [6, 6.07) is 27.6. The van der Waals surface area contributed by atoms with Crippen molar-refractivity contribution in [3.63, 3.8) is 0 Å². The van der Waals surface area contributed by atoms with E-state index in [9.17, 15) is 9.59 Å². The average molecular weight is 570 g/mol. The number of pyridine rings is 2. The summed E-state index contributed by atoms with van der Waals surface area (Å²) in [6.45, 7) is 0.607. The Hall–Kier alpha value is -4.82. The van der Waals surface area contributed by atoms with E-state index in [-0.39, 0.29) is 23.9 Å². The zero-order valence-electron chi connectivity index (χ0n) is 22.6. The standard InChI is InChI=1S/C32H28ClN3O5/c1-39-26-12-9-24(29(17-26)40-2)20-35(32(38)18-33)25-11-14-30(34-19-25)36-28-16-27(13-8-23(28)10-15-31(36)37)41-21-22-6-4-3-5-7-22/h3-17,19H,18,20-21H2,1-2H3. The summed E-state index contributed by atoms with van der Waals surface area (Å²) < 4.78 is 18.3. The van der Waals surface area contributed by atoms with Crippen molar-refractivity contribution in [3.8, 4) is 23.1 Å². The lowest BCUT2D eigenvalue weighted by atomic mass is 10.1. The Balaban J connectivity index is 1.46. The lowest BCUT2D eigenvalue weighted by molar-refractivity contribution is -0.116. The molecule has 0 aliphatic heterocycles. The molecule has 9 heteroatoms. The number of methoxy groups -OCH3 is 2. The number of aromatic nitrogens is 2. The molecule has 0 N–H and O–H groups in total. The first-order chi connectivity index (χ1) is 20.0. The highest BCUT2D eigenvalue weighted by Gasteiger charge is 2.19. The molecule has 0 aliphatic carbocycles. The number of hydrogen-bond acceptors (Lipinski definition) is 6. The van der Waals surface area contributed by atoms with Crippen LogP contribution in [0.5, 0.6) is 17.2 Å². The predicted octanol–water partition coefficient (Wildman–Crippen LogP) is 5.75. The first-order valence-corrected chi connectivity index (χ1v) is 13.4. The first kappa shape index (κ1) is 27.7. The van der Waals surface area contributed by atoms with Crippen molar-refractivity contribution in [1.82, 2.24) is 9.55 Å². The lowest BCUT2D eigenvalue weighted by Gasteiger charge is -2.23. The summed E-state index contributed by atoms with van der Waals surface area (Å²) >= 11 is 5.96. The van der Waals surface area contributed by atoms with Crippen molar-refractivity contribution in [2.45, 2.75) is 13.2 Å². The van der Waals surface area contributed by atoms with Crippen LogP contribution in [0.25, 0.3) is 16.7 Å². The van der Waals surface area contributed by atoms with Crippen molar-refractivity contribution < 1.29 is 19.0 Å². The Kier molecular flexibility index (Phi) is 8.50. The smallest absolute Gasteiger partial charge is 0.256 e. The number of carbonyl (C=O) groups excluding carboxylic acids is 1. The molecule has 1 amide bonds. The zero-order chi connectivity index (χ0) is 28.8. The molecule has 0 unspecified atom stereocenters. The van der Waals surface area contributed by atoms with E-state index in [1.165, 1.54) is 15.5 Å². The molecule has 0 radical (unpaired) electrons. The third-order valence-electron chi connectivity index (χ3n) is 6.63. The van der Waals surface area contributed by atoms with Crippen LogP contribution in [-0.2, 0) is 17.9 Å². The molecule has 0 spiro atoms. The minimum atomic E-state index is -0.304. The maximum atomic E-state index is 13.0. The number of hydrogen-bond donors (Lipinski definition) is 0. The zero-order valence-corrected chi connectivity index (χ0v) is 23.4. The van der Waals surface area contributed by atoms with Crippen LogP contribution < -0.4 is 24.7 Å². The van der Waals surface area contributed by atoms with Gasteiger partial charge in [0.15, 0.2) is 0 Å². The number of ether oxygens (including phenoxy) is 3. The van der Waals surface area contributed by atoms with Gasteiger partial charge in [-0.05, 0) is 53.4 Å². The van der Waals surface area contributed by atoms with Gasteiger partial charge in [-0.1, -0.05) is 30.3 Å². The highest BCUT2D eigenvalue weighted by atomic mass is 35.5. The largest absolute Gasteiger partial charge is 0.497 e. The second kappa shape index (κ2) is 12.6. The maximum Gasteiger partial charge on any atom is 0.256 e. The Morgan fingerprint density at radius 2 is 1.68 bits per heavy atom. The van der Waals surface area contributed by atoms with Gasteiger partial charge >= 0.3 is 0 Å². The lowest BCUT2D eigenvalue weighted by Crippen LogP contribution is -2.31. The molecule has 8 nitrogen and oxygen atoms in total. The topological polar surface area (TPSA) is 82.9 Å². The highest BCUT2D eigenvalue weighted by molar-refractivity contribution is 6.29. The van der Waals surface area contributed by atoms with Gasteiger partial charge in [-0.15, -0.1) is 11.6 Å². The second-order valence-corrected chi connectivity index (χ2v) is 9.44. The molecule has 0 aliphatic rings. The molecule has 0 fully saturated rings. The van der Waals surface area contributed by atoms with Crippen molar-refractivity contribution >= 4 is 34.1 Å². The second-order valence-electron chi connectivity index (χ2n) is 9.17. The normalized spacial score (nSPS) is 10.8. The molecular formula is C32H28ClN3O5. The molecule has 0 atom stereocenters. The number of amides is 1. The average Bonchev–Trinajstić information content (AvgIpc) is 3.02. The summed E-state index contributed by atoms with van der Waals surface area (Å²) in [7, 11) is 3.13. The fourth-order valence-electron chi connectivity index (χ4n) is 4.50. The van der Waals surface area contributed by atoms with Crippen LogP contribution in [0.2, 0.25) is 0 Å². The predicted molar refractivity (Wildman–Crippen MR) is 160 cm³/mol. The molecule has 2 heterocycles. The summed E-state index contributed by atoms with van der Waals surface area (Å²) in [5.74, 6) is 1.74. The third-order valence-corrected chi connectivity index (χ3v) is 6.86. The molecule has 0 saturated carbocycles. The minimum Gasteiger partial charge on any atom is -0.497 e. The Morgan fingerprint density at radius 1 is 0.902 bits per heavy atom. The molecule has 41 heavy (non-hydrogen) atoms. The van der Waals surface area contributed by atoms with Crippen molar-refractivity contribution in [2.24, 2.45) is 0 Å². The van der Waals surface area contributed by atoms with E-state index in [0.717, 1.165) is 16.5 Å². The van der Waals surface area contributed by atoms with Crippen LogP contribution in [0, 0.1) is 0 Å². The molecule has 0 bridgehead atoms. The van der Waals surface area contributed by atoms with Crippen molar-refractivity contribution in [2.75, 3.05) is 25.0 Å². The minimum absolute atomic E-state index is 0.204. The summed E-state index contributed by atoms with van der Waals surface area (Å²) in [4.78, 5) is 32.0. The summed E-state index contributed by atoms with van der Waals surface area (Å²) in [5.41, 5.74) is 2.75. The van der Waals surface area contributed by atoms with Gasteiger partial charge < -0.3 is 19.1 Å². The SMILES string of the molecule is COc1ccc(CN(C(=O)CCl)c2ccc(-n3c(=O)ccc4ccc(OCc5ccccc5)cc43)nc2)c(OC)c1. The Morgan fingerprint density at radius 3 is 2.39 bits per heavy atom. The summed E-state index contributed by atoms with van der Waals surface area (Å²) in [6.07, 6.45) is 1.55. The van der Waals surface area contributed by atoms with E-state index >= 15 is 0 Å². The number of alkyl halides is 1. The van der Waals surface area contributed by atoms with Crippen LogP contribution in [-0.4, -0.2) is 35.6 Å². The van der Waals surface area contributed by atoms with E-state index in [1.54, 1.807) is 50.7 Å². The molecule has 5 rings (SSSR count). The van der Waals surface area contributed by atoms with Crippen LogP contribution >= 0.6 is 11.6 Å². The van der Waals surface area contributed by atoms with E-state index in [0.29, 0.717) is 40.9 Å². The number of benzene rings is 3. The number of carbonyl (C=O) groups is 1. The van der Waals surface area contributed by atoms with Crippen LogP contribution in [0.15, 0.2) is 102 Å². The Labute approximate surface area is 242 Å². The van der Waals surface area contributed by atoms with Gasteiger partial charge in [0.25, 0.3) is 5.56 Å². The van der Waals surface area contributed by atoms with Gasteiger partial charge in [0.2, 0.25) is 5.91 Å². The molecule has 5 aromatic rings. The molecule has 3 aromatic carbocycles. The molecular weight excluding hydrogens is 542 g/mol. The van der Waals surface area contributed by atoms with E-state index in [4.69, 9.17) is 25.8 Å². The van der Waals surface area contributed by atoms with Gasteiger partial charge in [0.05, 0.1) is 38.2 Å². The Bertz CT molecular complexity index is 1720. The molecule has 2 aromatic heterocycles. The van der Waals surface area contributed by atoms with Gasteiger partial charge in [0, 0.05) is 23.8 Å². The fourth-order valence-corrected chi connectivity index (χ4v) is 4.64. The number of fused-ring (bicyclic) bond motifs is 1. The number of halogens is 1. The number of rotatable bonds is 10. The van der Waals surface area contributed by atoms with E-state index in [1.807, 2.05) is 54.6 Å². The van der Waals surface area contributed by atoms with Gasteiger partial charge in [-0.2, -0.15) is 0 Å². The maximum absolute atomic E-state index is 13.0. The molecule has 208 valence electrons. The highest BCUT2D eigenvalue weighted by Crippen LogP contribution is 2.28. The van der Waals surface area contributed by atoms with Crippen LogP contribution in [0.4, 0.5) is 5.69 Å².